The van der Waals surface area contributed by atoms with Crippen LogP contribution in [0, 0.1) is 0 Å². The van der Waals surface area contributed by atoms with E-state index in [1.807, 2.05) is 18.2 Å². The molecule has 0 aromatic heterocycles. The molecule has 0 aromatic rings. The Labute approximate surface area is 154 Å². The molecular weight excluding hydrogens is 314 g/mol. The van der Waals surface area contributed by atoms with Crippen LogP contribution < -0.4 is 0 Å². The zero-order valence-electron chi connectivity index (χ0n) is 16.5. The topological polar surface area (TPSA) is 60.8 Å². The predicted octanol–water partition coefficient (Wildman–Crippen LogP) is 4.22. The maximum absolute atomic E-state index is 11.4. The van der Waals surface area contributed by atoms with Gasteiger partial charge in [0.15, 0.2) is 0 Å². The number of hydrogen-bond donors (Lipinski definition) is 2. The third-order valence-electron chi connectivity index (χ3n) is 4.22. The van der Waals surface area contributed by atoms with Gasteiger partial charge in [-0.2, -0.15) is 0 Å². The third-order valence-corrected chi connectivity index (χ3v) is 4.22. The maximum atomic E-state index is 11.4. The van der Waals surface area contributed by atoms with Gasteiger partial charge in [0.1, 0.15) is 0 Å². The van der Waals surface area contributed by atoms with Gasteiger partial charge < -0.3 is 15.1 Å². The smallest absolute Gasteiger partial charge is 0.222 e. The molecule has 0 aromatic carbocycles. The van der Waals surface area contributed by atoms with Gasteiger partial charge in [-0.05, 0) is 25.7 Å². The van der Waals surface area contributed by atoms with Crippen LogP contribution in [0.5, 0.6) is 0 Å². The van der Waals surface area contributed by atoms with Crippen LogP contribution >= 0.6 is 0 Å². The molecule has 2 atom stereocenters. The molecule has 0 heterocycles. The molecule has 0 aliphatic carbocycles. The SMILES string of the molecule is CCCCCCCCC(O)/C=C/CC/C=C/C(O)CCC(=O)N(C)C. The normalized spacial score (nSPS) is 14.3. The van der Waals surface area contributed by atoms with Crippen molar-refractivity contribution in [2.45, 2.75) is 89.8 Å². The summed E-state index contributed by atoms with van der Waals surface area (Å²) in [5, 5.41) is 19.7. The lowest BCUT2D eigenvalue weighted by Crippen LogP contribution is -2.22. The molecule has 1 amide bonds. The number of amides is 1. The Kier molecular flexibility index (Phi) is 15.6. The Morgan fingerprint density at radius 2 is 1.40 bits per heavy atom. The largest absolute Gasteiger partial charge is 0.389 e. The van der Waals surface area contributed by atoms with Gasteiger partial charge in [0.25, 0.3) is 0 Å². The number of nitrogens with zero attached hydrogens (tertiary/aromatic N) is 1. The molecular formula is C21H39NO3. The summed E-state index contributed by atoms with van der Waals surface area (Å²) in [7, 11) is 3.44. The van der Waals surface area contributed by atoms with Crippen LogP contribution in [0.2, 0.25) is 0 Å². The van der Waals surface area contributed by atoms with Crippen molar-refractivity contribution in [2.75, 3.05) is 14.1 Å². The Bertz CT molecular complexity index is 377. The van der Waals surface area contributed by atoms with E-state index in [-0.39, 0.29) is 12.0 Å². The van der Waals surface area contributed by atoms with Crippen LogP contribution in [-0.4, -0.2) is 47.3 Å². The van der Waals surface area contributed by atoms with E-state index in [1.165, 1.54) is 37.0 Å². The molecule has 0 fully saturated rings. The first-order valence-corrected chi connectivity index (χ1v) is 9.87. The average molecular weight is 354 g/mol. The number of rotatable bonds is 15. The second kappa shape index (κ2) is 16.3. The first kappa shape index (κ1) is 23.9. The summed E-state index contributed by atoms with van der Waals surface area (Å²) in [6, 6.07) is 0. The van der Waals surface area contributed by atoms with Gasteiger partial charge in [0.2, 0.25) is 5.91 Å². The molecule has 0 aliphatic rings. The summed E-state index contributed by atoms with van der Waals surface area (Å²) >= 11 is 0. The molecule has 2 N–H and O–H groups in total. The van der Waals surface area contributed by atoms with Crippen LogP contribution in [0.4, 0.5) is 0 Å². The van der Waals surface area contributed by atoms with E-state index in [0.717, 1.165) is 25.7 Å². The highest BCUT2D eigenvalue weighted by molar-refractivity contribution is 5.75. The lowest BCUT2D eigenvalue weighted by molar-refractivity contribution is -0.129. The summed E-state index contributed by atoms with van der Waals surface area (Å²) < 4.78 is 0. The lowest BCUT2D eigenvalue weighted by atomic mass is 10.1. The van der Waals surface area contributed by atoms with E-state index in [0.29, 0.717) is 12.8 Å². The number of aliphatic hydroxyl groups excluding tert-OH is 2. The molecule has 146 valence electrons. The van der Waals surface area contributed by atoms with Gasteiger partial charge in [-0.15, -0.1) is 0 Å². The summed E-state index contributed by atoms with van der Waals surface area (Å²) in [6.07, 6.45) is 17.5. The van der Waals surface area contributed by atoms with Crippen LogP contribution in [0.15, 0.2) is 24.3 Å². The van der Waals surface area contributed by atoms with Crippen molar-refractivity contribution < 1.29 is 15.0 Å². The van der Waals surface area contributed by atoms with E-state index in [2.05, 4.69) is 6.92 Å². The summed E-state index contributed by atoms with van der Waals surface area (Å²) in [5.41, 5.74) is 0. The summed E-state index contributed by atoms with van der Waals surface area (Å²) in [6.45, 7) is 2.22. The minimum atomic E-state index is -0.564. The molecule has 2 unspecified atom stereocenters. The average Bonchev–Trinajstić information content (AvgIpc) is 2.58. The molecule has 0 saturated heterocycles. The number of aliphatic hydroxyl groups is 2. The van der Waals surface area contributed by atoms with E-state index in [9.17, 15) is 15.0 Å². The molecule has 0 radical (unpaired) electrons. The zero-order chi connectivity index (χ0) is 18.9. The number of allylic oxidation sites excluding steroid dienone is 2. The first-order chi connectivity index (χ1) is 12.0. The third kappa shape index (κ3) is 16.1. The van der Waals surface area contributed by atoms with Gasteiger partial charge in [0, 0.05) is 20.5 Å². The first-order valence-electron chi connectivity index (χ1n) is 9.87. The highest BCUT2D eigenvalue weighted by Gasteiger charge is 2.06. The van der Waals surface area contributed by atoms with Crippen molar-refractivity contribution in [3.05, 3.63) is 24.3 Å². The predicted molar refractivity (Wildman–Crippen MR) is 105 cm³/mol. The van der Waals surface area contributed by atoms with Gasteiger partial charge in [-0.3, -0.25) is 4.79 Å². The molecule has 0 aliphatic heterocycles. The second-order valence-corrected chi connectivity index (χ2v) is 6.95. The standard InChI is InChI=1S/C21H39NO3/c1-4-5-6-7-8-11-14-19(23)15-12-9-10-13-16-20(24)17-18-21(25)22(2)3/h12-13,15-16,19-20,23-24H,4-11,14,17-18H2,1-3H3/b15-12+,16-13+. The fourth-order valence-electron chi connectivity index (χ4n) is 2.52. The highest BCUT2D eigenvalue weighted by atomic mass is 16.3. The van der Waals surface area contributed by atoms with Crippen molar-refractivity contribution >= 4 is 5.91 Å². The van der Waals surface area contributed by atoms with E-state index in [1.54, 1.807) is 20.2 Å². The molecule has 0 spiro atoms. The van der Waals surface area contributed by atoms with E-state index in [4.69, 9.17) is 0 Å². The Morgan fingerprint density at radius 3 is 1.96 bits per heavy atom. The second-order valence-electron chi connectivity index (χ2n) is 6.95. The minimum Gasteiger partial charge on any atom is -0.389 e. The fraction of sp³-hybridized carbons (Fsp3) is 0.762. The quantitative estimate of drug-likeness (QED) is 0.342. The van der Waals surface area contributed by atoms with Crippen LogP contribution in [-0.2, 0) is 4.79 Å². The molecule has 25 heavy (non-hydrogen) atoms. The summed E-state index contributed by atoms with van der Waals surface area (Å²) in [5.74, 6) is 0.0368. The van der Waals surface area contributed by atoms with Crippen LogP contribution in [0.3, 0.4) is 0 Å². The van der Waals surface area contributed by atoms with Crippen molar-refractivity contribution in [3.8, 4) is 0 Å². The van der Waals surface area contributed by atoms with Crippen molar-refractivity contribution in [1.29, 1.82) is 0 Å². The Hall–Kier alpha value is -1.13. The van der Waals surface area contributed by atoms with Gasteiger partial charge in [-0.1, -0.05) is 69.8 Å². The van der Waals surface area contributed by atoms with Crippen molar-refractivity contribution in [3.63, 3.8) is 0 Å². The number of hydrogen-bond acceptors (Lipinski definition) is 3. The Balaban J connectivity index is 3.64. The lowest BCUT2D eigenvalue weighted by Gasteiger charge is -2.11. The Morgan fingerprint density at radius 1 is 0.880 bits per heavy atom. The highest BCUT2D eigenvalue weighted by Crippen LogP contribution is 2.09. The van der Waals surface area contributed by atoms with Gasteiger partial charge in [-0.25, -0.2) is 0 Å². The molecule has 4 nitrogen and oxygen atoms in total. The molecule has 4 heteroatoms. The number of carbonyl (C=O) groups excluding carboxylic acids is 1. The number of carbonyl (C=O) groups is 1. The van der Waals surface area contributed by atoms with Crippen LogP contribution in [0.1, 0.15) is 77.6 Å². The van der Waals surface area contributed by atoms with Crippen molar-refractivity contribution in [2.24, 2.45) is 0 Å². The summed E-state index contributed by atoms with van der Waals surface area (Å²) in [4.78, 5) is 13.0. The molecule has 0 bridgehead atoms. The monoisotopic (exact) mass is 353 g/mol. The van der Waals surface area contributed by atoms with Crippen molar-refractivity contribution in [1.82, 2.24) is 4.90 Å². The van der Waals surface area contributed by atoms with E-state index < -0.39 is 6.10 Å². The molecule has 0 rings (SSSR count). The fourth-order valence-corrected chi connectivity index (χ4v) is 2.52. The van der Waals surface area contributed by atoms with Gasteiger partial charge in [0.05, 0.1) is 12.2 Å². The maximum Gasteiger partial charge on any atom is 0.222 e. The minimum absolute atomic E-state index is 0.0368. The zero-order valence-corrected chi connectivity index (χ0v) is 16.5. The van der Waals surface area contributed by atoms with Crippen LogP contribution in [0.25, 0.3) is 0 Å². The van der Waals surface area contributed by atoms with Gasteiger partial charge >= 0.3 is 0 Å². The molecule has 0 saturated carbocycles. The number of unbranched alkanes of at least 4 members (excludes halogenated alkanes) is 6. The van der Waals surface area contributed by atoms with E-state index >= 15 is 0 Å².